The summed E-state index contributed by atoms with van der Waals surface area (Å²) in [5.41, 5.74) is 11.1. The number of benzene rings is 1. The number of alkyl halides is 2. The third kappa shape index (κ3) is 4.68. The van der Waals surface area contributed by atoms with Gasteiger partial charge in [-0.15, -0.1) is 0 Å². The second kappa shape index (κ2) is 11.0. The molecule has 0 spiro atoms. The standard InChI is InChI=1S/C28H39F2N7O/c1-18(38)35-12-8-25-24(17-35)28(34(3)37(25)21-6-9-33-10-7-21)36-11-4-5-19-13-22(20(15-31)16-32-2)23(27(29)30)14-26(19)36/h13-16,21,27-28,33H,4-12,17,31H2,1-3H3. The van der Waals surface area contributed by atoms with E-state index in [1.165, 1.54) is 23.7 Å². The molecule has 0 aliphatic carbocycles. The first-order valence-electron chi connectivity index (χ1n) is 13.6. The van der Waals surface area contributed by atoms with E-state index in [9.17, 15) is 13.6 Å². The Morgan fingerprint density at radius 2 is 1.97 bits per heavy atom. The molecule has 4 aliphatic heterocycles. The predicted octanol–water partition coefficient (Wildman–Crippen LogP) is 3.12. The molecule has 0 bridgehead atoms. The maximum absolute atomic E-state index is 14.4. The number of carbonyl (C=O) groups excluding carboxylic acids is 1. The Labute approximate surface area is 223 Å². The zero-order valence-corrected chi connectivity index (χ0v) is 22.6. The van der Waals surface area contributed by atoms with Gasteiger partial charge in [0.05, 0.1) is 0 Å². The van der Waals surface area contributed by atoms with Crippen LogP contribution in [0.15, 0.2) is 34.6 Å². The number of likely N-dealkylation sites (N-methyl/N-ethyl adjacent to an activating group) is 1. The van der Waals surface area contributed by atoms with E-state index in [1.807, 2.05) is 11.0 Å². The molecular formula is C28H39F2N7O. The van der Waals surface area contributed by atoms with Crippen LogP contribution in [0, 0.1) is 0 Å². The summed E-state index contributed by atoms with van der Waals surface area (Å²) in [6, 6.07) is 3.92. The Kier molecular flexibility index (Phi) is 7.72. The summed E-state index contributed by atoms with van der Waals surface area (Å²) >= 11 is 0. The summed E-state index contributed by atoms with van der Waals surface area (Å²) < 4.78 is 28.8. The molecule has 38 heavy (non-hydrogen) atoms. The molecule has 1 atom stereocenters. The summed E-state index contributed by atoms with van der Waals surface area (Å²) in [6.07, 6.45) is 4.74. The molecule has 1 aromatic carbocycles. The number of allylic oxidation sites excluding steroid dienone is 1. The lowest BCUT2D eigenvalue weighted by Crippen LogP contribution is -2.55. The molecule has 10 heteroatoms. The zero-order chi connectivity index (χ0) is 27.0. The topological polar surface area (TPSA) is 80.4 Å². The molecule has 1 aromatic rings. The van der Waals surface area contributed by atoms with E-state index in [4.69, 9.17) is 5.73 Å². The number of hydrogen-bond donors (Lipinski definition) is 2. The van der Waals surface area contributed by atoms with E-state index in [-0.39, 0.29) is 17.6 Å². The number of fused-ring (bicyclic) bond motifs is 1. The van der Waals surface area contributed by atoms with Gasteiger partial charge in [-0.05, 0) is 62.0 Å². The van der Waals surface area contributed by atoms with Crippen molar-refractivity contribution in [3.05, 3.63) is 46.3 Å². The number of amides is 1. The molecule has 0 aromatic heterocycles. The van der Waals surface area contributed by atoms with Gasteiger partial charge in [-0.2, -0.15) is 5.01 Å². The minimum Gasteiger partial charge on any atom is -0.404 e. The third-order valence-corrected chi connectivity index (χ3v) is 8.43. The van der Waals surface area contributed by atoms with Crippen molar-refractivity contribution in [3.8, 4) is 0 Å². The molecule has 4 heterocycles. The fraction of sp³-hybridized carbons (Fsp3) is 0.571. The van der Waals surface area contributed by atoms with Crippen molar-refractivity contribution >= 4 is 23.4 Å². The number of nitrogens with zero attached hydrogens (tertiary/aromatic N) is 5. The summed E-state index contributed by atoms with van der Waals surface area (Å²) in [5, 5.41) is 8.23. The molecule has 1 saturated heterocycles. The Balaban J connectivity index is 1.59. The van der Waals surface area contributed by atoms with Gasteiger partial charge in [-0.1, -0.05) is 0 Å². The molecule has 3 N–H and O–H groups in total. The van der Waals surface area contributed by atoms with Gasteiger partial charge in [-0.25, -0.2) is 8.78 Å². The van der Waals surface area contributed by atoms with Gasteiger partial charge in [0, 0.05) is 93.6 Å². The normalized spacial score (nSPS) is 23.6. The number of nitrogens with two attached hydrogens (primary N) is 1. The molecule has 1 fully saturated rings. The minimum atomic E-state index is -2.65. The lowest BCUT2D eigenvalue weighted by Gasteiger charge is -2.45. The van der Waals surface area contributed by atoms with Gasteiger partial charge in [-0.3, -0.25) is 9.79 Å². The largest absolute Gasteiger partial charge is 0.404 e. The van der Waals surface area contributed by atoms with Gasteiger partial charge in [0.15, 0.2) is 0 Å². The quantitative estimate of drug-likeness (QED) is 0.573. The molecule has 0 saturated carbocycles. The van der Waals surface area contributed by atoms with Crippen LogP contribution in [-0.2, 0) is 11.2 Å². The maximum atomic E-state index is 14.4. The predicted molar refractivity (Wildman–Crippen MR) is 147 cm³/mol. The van der Waals surface area contributed by atoms with Crippen LogP contribution in [0.4, 0.5) is 14.5 Å². The first-order chi connectivity index (χ1) is 18.3. The molecule has 0 radical (unpaired) electrons. The van der Waals surface area contributed by atoms with Crippen LogP contribution in [0.5, 0.6) is 0 Å². The average molecular weight is 528 g/mol. The van der Waals surface area contributed by atoms with E-state index >= 15 is 0 Å². The lowest BCUT2D eigenvalue weighted by molar-refractivity contribution is -0.128. The number of aliphatic imine (C=N–C) groups is 1. The van der Waals surface area contributed by atoms with E-state index in [1.54, 1.807) is 20.0 Å². The highest BCUT2D eigenvalue weighted by Crippen LogP contribution is 2.43. The van der Waals surface area contributed by atoms with Gasteiger partial charge in [0.1, 0.15) is 6.17 Å². The smallest absolute Gasteiger partial charge is 0.264 e. The molecule has 1 unspecified atom stereocenters. The van der Waals surface area contributed by atoms with Gasteiger partial charge >= 0.3 is 0 Å². The van der Waals surface area contributed by atoms with Gasteiger partial charge in [0.25, 0.3) is 6.43 Å². The van der Waals surface area contributed by atoms with Crippen molar-refractivity contribution in [1.82, 2.24) is 20.2 Å². The second-order valence-corrected chi connectivity index (χ2v) is 10.6. The molecular weight excluding hydrogens is 488 g/mol. The fourth-order valence-corrected chi connectivity index (χ4v) is 6.69. The highest BCUT2D eigenvalue weighted by Gasteiger charge is 2.46. The first-order valence-corrected chi connectivity index (χ1v) is 13.6. The first kappa shape index (κ1) is 26.6. The molecule has 206 valence electrons. The lowest BCUT2D eigenvalue weighted by atomic mass is 9.91. The van der Waals surface area contributed by atoms with Crippen molar-refractivity contribution in [2.75, 3.05) is 51.7 Å². The van der Waals surface area contributed by atoms with Crippen LogP contribution in [0.25, 0.3) is 5.57 Å². The van der Waals surface area contributed by atoms with Crippen LogP contribution >= 0.6 is 0 Å². The number of nitrogens with one attached hydrogen (secondary N) is 1. The number of piperidine rings is 1. The molecule has 1 amide bonds. The van der Waals surface area contributed by atoms with Crippen LogP contribution in [0.2, 0.25) is 0 Å². The summed E-state index contributed by atoms with van der Waals surface area (Å²) in [4.78, 5) is 20.6. The van der Waals surface area contributed by atoms with Crippen molar-refractivity contribution in [2.45, 2.75) is 57.7 Å². The van der Waals surface area contributed by atoms with E-state index in [2.05, 4.69) is 32.3 Å². The van der Waals surface area contributed by atoms with Crippen LogP contribution in [-0.4, -0.2) is 86.1 Å². The molecule has 5 rings (SSSR count). The van der Waals surface area contributed by atoms with Crippen molar-refractivity contribution in [2.24, 2.45) is 10.7 Å². The number of aryl methyl sites for hydroxylation is 1. The highest BCUT2D eigenvalue weighted by atomic mass is 19.3. The van der Waals surface area contributed by atoms with Crippen molar-refractivity contribution in [1.29, 1.82) is 0 Å². The fourth-order valence-electron chi connectivity index (χ4n) is 6.69. The summed E-state index contributed by atoms with van der Waals surface area (Å²) in [6.45, 7) is 5.62. The Hall–Kier alpha value is -2.98. The highest BCUT2D eigenvalue weighted by molar-refractivity contribution is 6.10. The third-order valence-electron chi connectivity index (χ3n) is 8.43. The number of hydrogen-bond acceptors (Lipinski definition) is 7. The zero-order valence-electron chi connectivity index (χ0n) is 22.6. The summed E-state index contributed by atoms with van der Waals surface area (Å²) in [7, 11) is 3.72. The number of hydrazine groups is 1. The van der Waals surface area contributed by atoms with E-state index in [0.717, 1.165) is 63.0 Å². The number of halogens is 2. The molecule has 4 aliphatic rings. The minimum absolute atomic E-state index is 0.0358. The summed E-state index contributed by atoms with van der Waals surface area (Å²) in [5.74, 6) is 0.0700. The SMILES string of the molecule is CN=CC(=CN)c1cc2c(cc1C(F)F)N(C1C3=C(CCN(C(C)=O)C3)N(C3CCNCC3)N1C)CCC2. The average Bonchev–Trinajstić information content (AvgIpc) is 3.21. The van der Waals surface area contributed by atoms with Crippen LogP contribution in [0.1, 0.15) is 55.7 Å². The van der Waals surface area contributed by atoms with Gasteiger partial charge in [0.2, 0.25) is 5.91 Å². The number of rotatable bonds is 5. The van der Waals surface area contributed by atoms with Crippen LogP contribution in [0.3, 0.4) is 0 Å². The Morgan fingerprint density at radius 3 is 2.63 bits per heavy atom. The maximum Gasteiger partial charge on any atom is 0.264 e. The van der Waals surface area contributed by atoms with E-state index in [0.29, 0.717) is 30.3 Å². The number of anilines is 1. The van der Waals surface area contributed by atoms with Crippen LogP contribution < -0.4 is 16.0 Å². The Morgan fingerprint density at radius 1 is 1.21 bits per heavy atom. The van der Waals surface area contributed by atoms with Gasteiger partial charge < -0.3 is 25.9 Å². The van der Waals surface area contributed by atoms with Crippen molar-refractivity contribution in [3.63, 3.8) is 0 Å². The number of carbonyl (C=O) groups is 1. The monoisotopic (exact) mass is 527 g/mol. The second-order valence-electron chi connectivity index (χ2n) is 10.6. The Bertz CT molecular complexity index is 1160. The molecule has 8 nitrogen and oxygen atoms in total. The van der Waals surface area contributed by atoms with Crippen molar-refractivity contribution < 1.29 is 13.6 Å². The van der Waals surface area contributed by atoms with E-state index < -0.39 is 6.43 Å².